The second-order valence-corrected chi connectivity index (χ2v) is 7.93. The van der Waals surface area contributed by atoms with Gasteiger partial charge in [-0.25, -0.2) is 0 Å². The van der Waals surface area contributed by atoms with Crippen molar-refractivity contribution < 1.29 is 5.11 Å². The van der Waals surface area contributed by atoms with Gasteiger partial charge in [0.1, 0.15) is 0 Å². The smallest absolute Gasteiger partial charge is 0.0500 e. The minimum Gasteiger partial charge on any atom is -0.396 e. The molecule has 1 N–H and O–H groups in total. The van der Waals surface area contributed by atoms with Crippen molar-refractivity contribution >= 4 is 23.2 Å². The van der Waals surface area contributed by atoms with Crippen LogP contribution in [0.15, 0.2) is 18.2 Å². The van der Waals surface area contributed by atoms with Crippen molar-refractivity contribution in [2.45, 2.75) is 32.2 Å². The maximum absolute atomic E-state index is 9.98. The van der Waals surface area contributed by atoms with E-state index in [4.69, 9.17) is 23.2 Å². The number of halogens is 2. The highest BCUT2D eigenvalue weighted by Gasteiger charge is 2.36. The molecule has 3 rings (SSSR count). The Balaban J connectivity index is 1.58. The first-order chi connectivity index (χ1) is 11.1. The monoisotopic (exact) mass is 356 g/mol. The van der Waals surface area contributed by atoms with E-state index in [0.29, 0.717) is 6.61 Å². The Morgan fingerprint density at radius 1 is 0.957 bits per heavy atom. The van der Waals surface area contributed by atoms with E-state index in [9.17, 15) is 5.11 Å². The van der Waals surface area contributed by atoms with Crippen LogP contribution in [-0.4, -0.2) is 54.2 Å². The Kier molecular flexibility index (Phi) is 5.87. The molecule has 0 unspecified atom stereocenters. The molecule has 0 radical (unpaired) electrons. The van der Waals surface area contributed by atoms with E-state index in [1.165, 1.54) is 25.9 Å². The zero-order valence-electron chi connectivity index (χ0n) is 13.6. The molecule has 0 saturated carbocycles. The van der Waals surface area contributed by atoms with Crippen LogP contribution >= 0.6 is 23.2 Å². The zero-order chi connectivity index (χ0) is 16.3. The quantitative estimate of drug-likeness (QED) is 0.871. The van der Waals surface area contributed by atoms with Gasteiger partial charge in [0.05, 0.1) is 6.61 Å². The molecule has 0 aromatic heterocycles. The third-order valence-electron chi connectivity index (χ3n) is 5.45. The minimum absolute atomic E-state index is 0.0745. The number of aliphatic hydroxyl groups excluding tert-OH is 1. The molecule has 2 fully saturated rings. The zero-order valence-corrected chi connectivity index (χ0v) is 15.1. The lowest BCUT2D eigenvalue weighted by atomic mass is 9.78. The molecule has 1 aromatic carbocycles. The molecule has 2 aliphatic rings. The summed E-state index contributed by atoms with van der Waals surface area (Å²) in [6, 6.07) is 5.69. The average molecular weight is 357 g/mol. The molecule has 5 heteroatoms. The predicted molar refractivity (Wildman–Crippen MR) is 96.2 cm³/mol. The number of hydrogen-bond acceptors (Lipinski definition) is 3. The Hall–Kier alpha value is -0.320. The van der Waals surface area contributed by atoms with Crippen LogP contribution in [0.5, 0.6) is 0 Å². The van der Waals surface area contributed by atoms with Crippen LogP contribution in [0.1, 0.15) is 31.2 Å². The SMILES string of the molecule is OCC1(CN2CCCC2)CCN(Cc2c(Cl)cccc2Cl)CC1. The lowest BCUT2D eigenvalue weighted by molar-refractivity contribution is 0.0165. The van der Waals surface area contributed by atoms with E-state index in [-0.39, 0.29) is 5.41 Å². The standard InChI is InChI=1S/C18H26Cl2N2O/c19-16-4-3-5-17(20)15(16)12-21-10-6-18(14-23,7-11-21)13-22-8-1-2-9-22/h3-5,23H,1-2,6-14H2. The van der Waals surface area contributed by atoms with Gasteiger partial charge in [-0.2, -0.15) is 0 Å². The fraction of sp³-hybridized carbons (Fsp3) is 0.667. The summed E-state index contributed by atoms with van der Waals surface area (Å²) in [6.07, 6.45) is 4.70. The maximum atomic E-state index is 9.98. The summed E-state index contributed by atoms with van der Waals surface area (Å²) in [6.45, 7) is 6.52. The normalized spacial score (nSPS) is 22.6. The molecule has 128 valence electrons. The van der Waals surface area contributed by atoms with Crippen molar-refractivity contribution in [3.8, 4) is 0 Å². The fourth-order valence-corrected chi connectivity index (χ4v) is 4.39. The summed E-state index contributed by atoms with van der Waals surface area (Å²) in [7, 11) is 0. The summed E-state index contributed by atoms with van der Waals surface area (Å²) in [5, 5.41) is 11.5. The molecular weight excluding hydrogens is 331 g/mol. The van der Waals surface area contributed by atoms with E-state index in [1.54, 1.807) is 0 Å². The topological polar surface area (TPSA) is 26.7 Å². The molecule has 1 aromatic rings. The highest BCUT2D eigenvalue weighted by molar-refractivity contribution is 6.35. The molecule has 0 aliphatic carbocycles. The molecule has 2 aliphatic heterocycles. The van der Waals surface area contributed by atoms with Gasteiger partial charge in [0.15, 0.2) is 0 Å². The molecule has 3 nitrogen and oxygen atoms in total. The molecule has 0 spiro atoms. The number of nitrogens with zero attached hydrogens (tertiary/aromatic N) is 2. The van der Waals surface area contributed by atoms with Crippen LogP contribution in [0.4, 0.5) is 0 Å². The molecule has 0 bridgehead atoms. The minimum atomic E-state index is 0.0745. The number of likely N-dealkylation sites (tertiary alicyclic amines) is 2. The van der Waals surface area contributed by atoms with Gasteiger partial charge in [-0.05, 0) is 64.0 Å². The first kappa shape index (κ1) is 17.5. The van der Waals surface area contributed by atoms with Crippen LogP contribution in [0.25, 0.3) is 0 Å². The molecule has 23 heavy (non-hydrogen) atoms. The summed E-state index contributed by atoms with van der Waals surface area (Å²) in [4.78, 5) is 4.93. The van der Waals surface area contributed by atoms with Crippen LogP contribution in [0.3, 0.4) is 0 Å². The van der Waals surface area contributed by atoms with Crippen LogP contribution in [0.2, 0.25) is 10.0 Å². The Bertz CT molecular complexity index is 504. The van der Waals surface area contributed by atoms with Gasteiger partial charge in [-0.15, -0.1) is 0 Å². The van der Waals surface area contributed by atoms with Gasteiger partial charge in [0, 0.05) is 34.1 Å². The number of hydrogen-bond donors (Lipinski definition) is 1. The number of aliphatic hydroxyl groups is 1. The lowest BCUT2D eigenvalue weighted by Crippen LogP contribution is -2.47. The third kappa shape index (κ3) is 4.21. The van der Waals surface area contributed by atoms with Crippen LogP contribution < -0.4 is 0 Å². The second-order valence-electron chi connectivity index (χ2n) is 7.12. The van der Waals surface area contributed by atoms with E-state index < -0.39 is 0 Å². The van der Waals surface area contributed by atoms with Crippen molar-refractivity contribution in [1.29, 1.82) is 0 Å². The molecule has 2 heterocycles. The number of benzene rings is 1. The fourth-order valence-electron chi connectivity index (χ4n) is 3.87. The summed E-state index contributed by atoms with van der Waals surface area (Å²) < 4.78 is 0. The van der Waals surface area contributed by atoms with Crippen LogP contribution in [-0.2, 0) is 6.54 Å². The van der Waals surface area contributed by atoms with Gasteiger partial charge in [0.2, 0.25) is 0 Å². The molecule has 2 saturated heterocycles. The van der Waals surface area contributed by atoms with Gasteiger partial charge >= 0.3 is 0 Å². The average Bonchev–Trinajstić information content (AvgIpc) is 3.05. The Morgan fingerprint density at radius 3 is 2.13 bits per heavy atom. The highest BCUT2D eigenvalue weighted by atomic mass is 35.5. The van der Waals surface area contributed by atoms with Gasteiger partial charge in [0.25, 0.3) is 0 Å². The molecule has 0 atom stereocenters. The summed E-state index contributed by atoms with van der Waals surface area (Å²) in [5.41, 5.74) is 1.09. The number of piperidine rings is 1. The van der Waals surface area contributed by atoms with Crippen LogP contribution in [0, 0.1) is 5.41 Å². The molecular formula is C18H26Cl2N2O. The lowest BCUT2D eigenvalue weighted by Gasteiger charge is -2.43. The van der Waals surface area contributed by atoms with Gasteiger partial charge in [-0.3, -0.25) is 4.90 Å². The first-order valence-corrected chi connectivity index (χ1v) is 9.36. The summed E-state index contributed by atoms with van der Waals surface area (Å²) >= 11 is 12.6. The molecule has 0 amide bonds. The maximum Gasteiger partial charge on any atom is 0.0500 e. The van der Waals surface area contributed by atoms with E-state index in [1.807, 2.05) is 18.2 Å². The largest absolute Gasteiger partial charge is 0.396 e. The number of rotatable bonds is 5. The van der Waals surface area contributed by atoms with Crippen molar-refractivity contribution in [2.75, 3.05) is 39.3 Å². The Labute approximate surface area is 149 Å². The van der Waals surface area contributed by atoms with Crippen molar-refractivity contribution in [3.63, 3.8) is 0 Å². The van der Waals surface area contributed by atoms with E-state index in [2.05, 4.69) is 9.80 Å². The van der Waals surface area contributed by atoms with Crippen molar-refractivity contribution in [3.05, 3.63) is 33.8 Å². The van der Waals surface area contributed by atoms with E-state index in [0.717, 1.165) is 54.6 Å². The van der Waals surface area contributed by atoms with E-state index >= 15 is 0 Å². The highest BCUT2D eigenvalue weighted by Crippen LogP contribution is 2.35. The van der Waals surface area contributed by atoms with Crippen molar-refractivity contribution in [1.82, 2.24) is 9.80 Å². The first-order valence-electron chi connectivity index (χ1n) is 8.60. The van der Waals surface area contributed by atoms with Gasteiger partial charge < -0.3 is 10.0 Å². The van der Waals surface area contributed by atoms with Crippen molar-refractivity contribution in [2.24, 2.45) is 5.41 Å². The second kappa shape index (κ2) is 7.71. The Morgan fingerprint density at radius 2 is 1.57 bits per heavy atom. The predicted octanol–water partition coefficient (Wildman–Crippen LogP) is 3.66. The third-order valence-corrected chi connectivity index (χ3v) is 6.16. The van der Waals surface area contributed by atoms with Gasteiger partial charge in [-0.1, -0.05) is 29.3 Å². The summed E-state index contributed by atoms with van der Waals surface area (Å²) in [5.74, 6) is 0.